The van der Waals surface area contributed by atoms with Crippen molar-refractivity contribution in [3.05, 3.63) is 24.3 Å². The van der Waals surface area contributed by atoms with Crippen LogP contribution in [0.25, 0.3) is 0 Å². The molecule has 0 saturated carbocycles. The molecule has 0 aliphatic carbocycles. The Balaban J connectivity index is 2.21. The molecule has 108 valence electrons. The quantitative estimate of drug-likeness (QED) is 0.782. The zero-order valence-electron chi connectivity index (χ0n) is 10.8. The minimum Gasteiger partial charge on any atom is -0.469 e. The molecule has 0 spiro atoms. The van der Waals surface area contributed by atoms with Gasteiger partial charge in [0.05, 0.1) is 17.9 Å². The third kappa shape index (κ3) is 2.81. The number of amides is 1. The number of hydrogen-bond acceptors (Lipinski definition) is 5. The molecule has 0 radical (unpaired) electrons. The van der Waals surface area contributed by atoms with E-state index in [2.05, 4.69) is 4.74 Å². The lowest BCUT2D eigenvalue weighted by molar-refractivity contribution is -0.145. The summed E-state index contributed by atoms with van der Waals surface area (Å²) >= 11 is 0. The van der Waals surface area contributed by atoms with Crippen LogP contribution in [-0.4, -0.2) is 33.9 Å². The van der Waals surface area contributed by atoms with Crippen LogP contribution < -0.4 is 10.0 Å². The number of ether oxygens (including phenoxy) is 1. The maximum atomic E-state index is 11.9. The van der Waals surface area contributed by atoms with Crippen molar-refractivity contribution >= 4 is 27.6 Å². The van der Waals surface area contributed by atoms with Gasteiger partial charge in [-0.1, -0.05) is 0 Å². The second kappa shape index (κ2) is 5.22. The number of nitrogens with two attached hydrogens (primary N) is 1. The van der Waals surface area contributed by atoms with Gasteiger partial charge in [0.25, 0.3) is 0 Å². The van der Waals surface area contributed by atoms with Crippen molar-refractivity contribution in [2.24, 2.45) is 11.1 Å². The molecule has 1 aliphatic rings. The van der Waals surface area contributed by atoms with E-state index in [-0.39, 0.29) is 23.8 Å². The lowest BCUT2D eigenvalue weighted by atomic mass is 10.1. The van der Waals surface area contributed by atoms with Crippen LogP contribution in [-0.2, 0) is 24.3 Å². The van der Waals surface area contributed by atoms with E-state index >= 15 is 0 Å². The fraction of sp³-hybridized carbons (Fsp3) is 0.333. The number of nitrogens with zero attached hydrogens (tertiary/aromatic N) is 1. The van der Waals surface area contributed by atoms with Crippen molar-refractivity contribution in [3.8, 4) is 0 Å². The van der Waals surface area contributed by atoms with Gasteiger partial charge < -0.3 is 9.64 Å². The van der Waals surface area contributed by atoms with Crippen LogP contribution in [0.4, 0.5) is 5.69 Å². The Morgan fingerprint density at radius 2 is 1.95 bits per heavy atom. The summed E-state index contributed by atoms with van der Waals surface area (Å²) in [6.07, 6.45) is 0.0869. The molecule has 1 heterocycles. The van der Waals surface area contributed by atoms with Crippen molar-refractivity contribution in [2.75, 3.05) is 18.6 Å². The van der Waals surface area contributed by atoms with Gasteiger partial charge >= 0.3 is 5.97 Å². The standard InChI is InChI=1S/C12H14N2O5S/c1-19-12(16)8-6-11(15)14(7-8)9-2-4-10(5-3-9)20(13,17)18/h2-5,8H,6-7H2,1H3,(H2,13,17,18)/t8-/m0/s1. The number of rotatable bonds is 3. The molecule has 1 saturated heterocycles. The van der Waals surface area contributed by atoms with Gasteiger partial charge in [0, 0.05) is 18.7 Å². The first kappa shape index (κ1) is 14.5. The summed E-state index contributed by atoms with van der Waals surface area (Å²) < 4.78 is 26.9. The lowest BCUT2D eigenvalue weighted by Crippen LogP contribution is -2.26. The van der Waals surface area contributed by atoms with Gasteiger partial charge in [0.2, 0.25) is 15.9 Å². The SMILES string of the molecule is COC(=O)[C@H]1CC(=O)N(c2ccc(S(N)(=O)=O)cc2)C1. The van der Waals surface area contributed by atoms with Crippen LogP contribution in [0, 0.1) is 5.92 Å². The molecule has 2 rings (SSSR count). The average molecular weight is 298 g/mol. The number of esters is 1. The fourth-order valence-electron chi connectivity index (χ4n) is 2.10. The van der Waals surface area contributed by atoms with Crippen molar-refractivity contribution < 1.29 is 22.7 Å². The smallest absolute Gasteiger partial charge is 0.311 e. The van der Waals surface area contributed by atoms with Gasteiger partial charge in [-0.2, -0.15) is 0 Å². The van der Waals surface area contributed by atoms with E-state index in [1.165, 1.54) is 36.3 Å². The number of benzene rings is 1. The third-order valence-electron chi connectivity index (χ3n) is 3.14. The number of primary sulfonamides is 1. The minimum atomic E-state index is -3.76. The van der Waals surface area contributed by atoms with Crippen LogP contribution in [0.5, 0.6) is 0 Å². The average Bonchev–Trinajstić information content (AvgIpc) is 2.79. The van der Waals surface area contributed by atoms with Crippen molar-refractivity contribution in [3.63, 3.8) is 0 Å². The van der Waals surface area contributed by atoms with E-state index in [1.807, 2.05) is 0 Å². The van der Waals surface area contributed by atoms with Gasteiger partial charge in [-0.05, 0) is 24.3 Å². The van der Waals surface area contributed by atoms with Crippen molar-refractivity contribution in [1.82, 2.24) is 0 Å². The predicted molar refractivity (Wildman–Crippen MR) is 70.3 cm³/mol. The Bertz CT molecular complexity index is 638. The molecule has 0 bridgehead atoms. The van der Waals surface area contributed by atoms with Crippen LogP contribution in [0.3, 0.4) is 0 Å². The Labute approximate surface area is 116 Å². The highest BCUT2D eigenvalue weighted by molar-refractivity contribution is 7.89. The van der Waals surface area contributed by atoms with Gasteiger partial charge in [-0.3, -0.25) is 9.59 Å². The second-order valence-corrected chi connectivity index (χ2v) is 6.03. The molecule has 1 aliphatic heterocycles. The molecular formula is C12H14N2O5S. The highest BCUT2D eigenvalue weighted by Crippen LogP contribution is 2.26. The van der Waals surface area contributed by atoms with Gasteiger partial charge in [-0.25, -0.2) is 13.6 Å². The molecule has 1 aromatic rings. The Kier molecular flexibility index (Phi) is 3.78. The number of anilines is 1. The molecule has 20 heavy (non-hydrogen) atoms. The number of hydrogen-bond donors (Lipinski definition) is 1. The van der Waals surface area contributed by atoms with E-state index in [4.69, 9.17) is 5.14 Å². The van der Waals surface area contributed by atoms with Gasteiger partial charge in [0.1, 0.15) is 0 Å². The van der Waals surface area contributed by atoms with Crippen molar-refractivity contribution in [1.29, 1.82) is 0 Å². The molecular weight excluding hydrogens is 284 g/mol. The molecule has 2 N–H and O–H groups in total. The molecule has 8 heteroatoms. The Hall–Kier alpha value is -1.93. The largest absolute Gasteiger partial charge is 0.469 e. The van der Waals surface area contributed by atoms with Crippen LogP contribution in [0.15, 0.2) is 29.2 Å². The zero-order chi connectivity index (χ0) is 14.9. The molecule has 0 aromatic heterocycles. The number of methoxy groups -OCH3 is 1. The maximum Gasteiger partial charge on any atom is 0.311 e. The number of sulfonamides is 1. The summed E-state index contributed by atoms with van der Waals surface area (Å²) in [5, 5.41) is 5.00. The molecule has 1 fully saturated rings. The zero-order valence-corrected chi connectivity index (χ0v) is 11.6. The fourth-order valence-corrected chi connectivity index (χ4v) is 2.61. The van der Waals surface area contributed by atoms with Crippen LogP contribution in [0.2, 0.25) is 0 Å². The van der Waals surface area contributed by atoms with Gasteiger partial charge in [0.15, 0.2) is 0 Å². The van der Waals surface area contributed by atoms with Crippen LogP contribution in [0.1, 0.15) is 6.42 Å². The highest BCUT2D eigenvalue weighted by Gasteiger charge is 2.35. The summed E-state index contributed by atoms with van der Waals surface area (Å²) in [6.45, 7) is 0.222. The summed E-state index contributed by atoms with van der Waals surface area (Å²) in [5.41, 5.74) is 0.522. The van der Waals surface area contributed by atoms with E-state index in [0.29, 0.717) is 5.69 Å². The van der Waals surface area contributed by atoms with E-state index in [1.54, 1.807) is 0 Å². The number of carbonyl (C=O) groups excluding carboxylic acids is 2. The Morgan fingerprint density at radius 3 is 2.45 bits per heavy atom. The van der Waals surface area contributed by atoms with E-state index in [0.717, 1.165) is 0 Å². The molecule has 0 unspecified atom stereocenters. The van der Waals surface area contributed by atoms with Gasteiger partial charge in [-0.15, -0.1) is 0 Å². The first-order valence-corrected chi connectivity index (χ1v) is 7.38. The first-order valence-electron chi connectivity index (χ1n) is 5.84. The Morgan fingerprint density at radius 1 is 1.35 bits per heavy atom. The molecule has 1 aromatic carbocycles. The van der Waals surface area contributed by atoms with Crippen LogP contribution >= 0.6 is 0 Å². The predicted octanol–water partition coefficient (Wildman–Crippen LogP) is -0.140. The monoisotopic (exact) mass is 298 g/mol. The second-order valence-electron chi connectivity index (χ2n) is 4.47. The summed E-state index contributed by atoms with van der Waals surface area (Å²) in [6, 6.07) is 5.61. The van der Waals surface area contributed by atoms with E-state index in [9.17, 15) is 18.0 Å². The minimum absolute atomic E-state index is 0.0302. The molecule has 1 amide bonds. The first-order chi connectivity index (χ1) is 9.32. The third-order valence-corrected chi connectivity index (χ3v) is 4.07. The maximum absolute atomic E-state index is 11.9. The summed E-state index contributed by atoms with van der Waals surface area (Å²) in [4.78, 5) is 24.7. The van der Waals surface area contributed by atoms with Crippen molar-refractivity contribution in [2.45, 2.75) is 11.3 Å². The molecule has 1 atom stereocenters. The topological polar surface area (TPSA) is 107 Å². The summed E-state index contributed by atoms with van der Waals surface area (Å²) in [5.74, 6) is -1.13. The number of carbonyl (C=O) groups is 2. The lowest BCUT2D eigenvalue weighted by Gasteiger charge is -2.16. The van der Waals surface area contributed by atoms with E-state index < -0.39 is 21.9 Å². The molecule has 7 nitrogen and oxygen atoms in total. The highest BCUT2D eigenvalue weighted by atomic mass is 32.2. The summed E-state index contributed by atoms with van der Waals surface area (Å²) in [7, 11) is -2.49. The normalized spacial score (nSPS) is 19.2.